The van der Waals surface area contributed by atoms with Gasteiger partial charge in [-0.2, -0.15) is 0 Å². The van der Waals surface area contributed by atoms with E-state index >= 15 is 0 Å². The molecule has 0 spiro atoms. The number of methoxy groups -OCH3 is 2. The Kier molecular flexibility index (Phi) is 5.94. The number of hydrogen-bond donors (Lipinski definition) is 1. The summed E-state index contributed by atoms with van der Waals surface area (Å²) < 4.78 is 9.57. The highest BCUT2D eigenvalue weighted by Gasteiger charge is 2.19. The summed E-state index contributed by atoms with van der Waals surface area (Å²) in [5.74, 6) is -1.10. The van der Waals surface area contributed by atoms with Crippen molar-refractivity contribution in [3.05, 3.63) is 76.4 Å². The normalized spacial score (nSPS) is 13.1. The second kappa shape index (κ2) is 8.57. The number of hydrogen-bond acceptors (Lipinski definition) is 5. The van der Waals surface area contributed by atoms with Gasteiger partial charge in [0.25, 0.3) is 0 Å². The predicted octanol–water partition coefficient (Wildman–Crippen LogP) is 4.62. The molecule has 0 atom stereocenters. The van der Waals surface area contributed by atoms with E-state index in [1.165, 1.54) is 31.9 Å². The Labute approximate surface area is 163 Å². The molecule has 1 N–H and O–H groups in total. The van der Waals surface area contributed by atoms with Crippen LogP contribution in [-0.4, -0.2) is 31.3 Å². The standard InChI is InChI=1S/C23H22O5/c1-27-22(25)19-9-4-3-8-18(19)17(16-6-5-7-16)12-10-15-11-13-20(21(24)14-15)23(26)28-2/h3-4,8-14,24H,5-7H2,1-2H3/b12-10+. The van der Waals surface area contributed by atoms with Crippen LogP contribution in [0.15, 0.2) is 54.1 Å². The molecule has 3 rings (SSSR count). The van der Waals surface area contributed by atoms with Gasteiger partial charge in [0, 0.05) is 0 Å². The molecular formula is C23H22O5. The fourth-order valence-corrected chi connectivity index (χ4v) is 3.14. The fraction of sp³-hybridized carbons (Fsp3) is 0.217. The molecule has 0 unspecified atom stereocenters. The number of phenolic OH excluding ortho intramolecular Hbond substituents is 1. The lowest BCUT2D eigenvalue weighted by Crippen LogP contribution is -2.07. The highest BCUT2D eigenvalue weighted by Crippen LogP contribution is 2.36. The molecule has 2 aromatic carbocycles. The van der Waals surface area contributed by atoms with Gasteiger partial charge in [0.2, 0.25) is 0 Å². The van der Waals surface area contributed by atoms with E-state index in [4.69, 9.17) is 4.74 Å². The summed E-state index contributed by atoms with van der Waals surface area (Å²) in [7, 11) is 2.64. The lowest BCUT2D eigenvalue weighted by Gasteiger charge is -2.22. The maximum atomic E-state index is 12.2. The summed E-state index contributed by atoms with van der Waals surface area (Å²) in [5.41, 5.74) is 4.47. The van der Waals surface area contributed by atoms with Crippen LogP contribution < -0.4 is 0 Å². The first-order chi connectivity index (χ1) is 13.5. The summed E-state index contributed by atoms with van der Waals surface area (Å²) in [6, 6.07) is 12.1. The van der Waals surface area contributed by atoms with Crippen LogP contribution in [0.25, 0.3) is 11.6 Å². The van der Waals surface area contributed by atoms with Crippen molar-refractivity contribution < 1.29 is 24.2 Å². The van der Waals surface area contributed by atoms with Crippen LogP contribution in [-0.2, 0) is 9.47 Å². The fourth-order valence-electron chi connectivity index (χ4n) is 3.14. The van der Waals surface area contributed by atoms with E-state index in [1.54, 1.807) is 12.1 Å². The molecule has 28 heavy (non-hydrogen) atoms. The van der Waals surface area contributed by atoms with Gasteiger partial charge in [-0.1, -0.05) is 42.0 Å². The minimum absolute atomic E-state index is 0.119. The number of esters is 2. The van der Waals surface area contributed by atoms with Crippen molar-refractivity contribution in [3.8, 4) is 5.75 Å². The molecule has 0 amide bonds. The quantitative estimate of drug-likeness (QED) is 0.769. The SMILES string of the molecule is COC(=O)c1ccc(/C=C/C(=C2CCC2)c2ccccc2C(=O)OC)cc1O. The topological polar surface area (TPSA) is 72.8 Å². The van der Waals surface area contributed by atoms with Gasteiger partial charge in [-0.05, 0) is 54.2 Å². The van der Waals surface area contributed by atoms with Crippen molar-refractivity contribution in [3.63, 3.8) is 0 Å². The third-order valence-corrected chi connectivity index (χ3v) is 4.83. The molecule has 5 nitrogen and oxygen atoms in total. The van der Waals surface area contributed by atoms with Crippen molar-refractivity contribution in [2.75, 3.05) is 14.2 Å². The van der Waals surface area contributed by atoms with Gasteiger partial charge in [-0.25, -0.2) is 9.59 Å². The molecule has 0 saturated heterocycles. The van der Waals surface area contributed by atoms with Crippen LogP contribution in [0.4, 0.5) is 0 Å². The highest BCUT2D eigenvalue weighted by molar-refractivity contribution is 5.98. The van der Waals surface area contributed by atoms with E-state index in [9.17, 15) is 14.7 Å². The first kappa shape index (κ1) is 19.4. The Morgan fingerprint density at radius 2 is 1.57 bits per heavy atom. The van der Waals surface area contributed by atoms with Crippen molar-refractivity contribution in [2.45, 2.75) is 19.3 Å². The molecule has 2 aromatic rings. The minimum Gasteiger partial charge on any atom is -0.507 e. The van der Waals surface area contributed by atoms with Gasteiger partial charge in [0.1, 0.15) is 11.3 Å². The van der Waals surface area contributed by atoms with Gasteiger partial charge in [-0.15, -0.1) is 0 Å². The van der Waals surface area contributed by atoms with Gasteiger partial charge in [-0.3, -0.25) is 0 Å². The summed E-state index contributed by atoms with van der Waals surface area (Å²) in [4.78, 5) is 23.8. The Hall–Kier alpha value is -3.34. The van der Waals surface area contributed by atoms with Crippen LogP contribution >= 0.6 is 0 Å². The number of ether oxygens (including phenoxy) is 2. The van der Waals surface area contributed by atoms with Gasteiger partial charge in [0.05, 0.1) is 19.8 Å². The molecule has 0 radical (unpaired) electrons. The number of rotatable bonds is 5. The maximum Gasteiger partial charge on any atom is 0.341 e. The Morgan fingerprint density at radius 1 is 0.929 bits per heavy atom. The van der Waals surface area contributed by atoms with E-state index in [1.807, 2.05) is 30.4 Å². The lowest BCUT2D eigenvalue weighted by molar-refractivity contribution is 0.0589. The monoisotopic (exact) mass is 378 g/mol. The summed E-state index contributed by atoms with van der Waals surface area (Å²) in [6.45, 7) is 0. The number of carbonyl (C=O) groups excluding carboxylic acids is 2. The number of allylic oxidation sites excluding steroid dienone is 3. The molecule has 1 aliphatic rings. The number of benzene rings is 2. The molecule has 1 fully saturated rings. The summed E-state index contributed by atoms with van der Waals surface area (Å²) in [6.07, 6.45) is 6.91. The van der Waals surface area contributed by atoms with Crippen LogP contribution in [0.3, 0.4) is 0 Å². The molecule has 5 heteroatoms. The Morgan fingerprint density at radius 3 is 2.14 bits per heavy atom. The average Bonchev–Trinajstić information content (AvgIpc) is 2.68. The van der Waals surface area contributed by atoms with E-state index in [2.05, 4.69) is 4.74 Å². The first-order valence-electron chi connectivity index (χ1n) is 9.04. The zero-order valence-corrected chi connectivity index (χ0v) is 15.9. The van der Waals surface area contributed by atoms with E-state index in [-0.39, 0.29) is 17.3 Å². The Bertz CT molecular complexity index is 963. The zero-order chi connectivity index (χ0) is 20.1. The third-order valence-electron chi connectivity index (χ3n) is 4.83. The molecule has 0 aliphatic heterocycles. The molecule has 0 aromatic heterocycles. The van der Waals surface area contributed by atoms with Crippen molar-refractivity contribution in [1.82, 2.24) is 0 Å². The lowest BCUT2D eigenvalue weighted by atomic mass is 9.83. The Balaban J connectivity index is 1.98. The van der Waals surface area contributed by atoms with Crippen LogP contribution in [0.5, 0.6) is 5.75 Å². The molecular weight excluding hydrogens is 356 g/mol. The molecule has 1 saturated carbocycles. The van der Waals surface area contributed by atoms with Crippen LogP contribution in [0, 0.1) is 0 Å². The van der Waals surface area contributed by atoms with E-state index < -0.39 is 5.97 Å². The number of carbonyl (C=O) groups is 2. The second-order valence-electron chi connectivity index (χ2n) is 6.51. The molecule has 0 bridgehead atoms. The second-order valence-corrected chi connectivity index (χ2v) is 6.51. The van der Waals surface area contributed by atoms with E-state index in [0.717, 1.165) is 36.0 Å². The molecule has 0 heterocycles. The summed E-state index contributed by atoms with van der Waals surface area (Å²) >= 11 is 0. The average molecular weight is 378 g/mol. The van der Waals surface area contributed by atoms with Crippen molar-refractivity contribution in [1.29, 1.82) is 0 Å². The van der Waals surface area contributed by atoms with Gasteiger partial charge >= 0.3 is 11.9 Å². The zero-order valence-electron chi connectivity index (χ0n) is 15.9. The maximum absolute atomic E-state index is 12.2. The highest BCUT2D eigenvalue weighted by atomic mass is 16.5. The van der Waals surface area contributed by atoms with Gasteiger partial charge < -0.3 is 14.6 Å². The minimum atomic E-state index is -0.586. The summed E-state index contributed by atoms with van der Waals surface area (Å²) in [5, 5.41) is 10.1. The van der Waals surface area contributed by atoms with Gasteiger partial charge in [0.15, 0.2) is 0 Å². The smallest absolute Gasteiger partial charge is 0.341 e. The molecule has 144 valence electrons. The van der Waals surface area contributed by atoms with Crippen LogP contribution in [0.1, 0.15) is 51.1 Å². The van der Waals surface area contributed by atoms with Crippen LogP contribution in [0.2, 0.25) is 0 Å². The van der Waals surface area contributed by atoms with E-state index in [0.29, 0.717) is 5.56 Å². The predicted molar refractivity (Wildman–Crippen MR) is 107 cm³/mol. The molecule has 1 aliphatic carbocycles. The number of aromatic hydroxyl groups is 1. The first-order valence-corrected chi connectivity index (χ1v) is 9.04. The van der Waals surface area contributed by atoms with Crippen molar-refractivity contribution in [2.24, 2.45) is 0 Å². The number of phenols is 1. The largest absolute Gasteiger partial charge is 0.507 e. The van der Waals surface area contributed by atoms with Crippen molar-refractivity contribution >= 4 is 23.6 Å². The third kappa shape index (κ3) is 3.98.